The van der Waals surface area contributed by atoms with E-state index in [9.17, 15) is 0 Å². The molecule has 42 heavy (non-hydrogen) atoms. The van der Waals surface area contributed by atoms with Crippen molar-refractivity contribution in [3.63, 3.8) is 0 Å². The van der Waals surface area contributed by atoms with Crippen LogP contribution in [0.25, 0.3) is 22.8 Å². The van der Waals surface area contributed by atoms with Crippen LogP contribution in [0.15, 0.2) is 73.3 Å². The van der Waals surface area contributed by atoms with Crippen molar-refractivity contribution < 1.29 is 56.1 Å². The summed E-state index contributed by atoms with van der Waals surface area (Å²) in [6.07, 6.45) is 18.8. The molecule has 8 heteroatoms. The van der Waals surface area contributed by atoms with Crippen molar-refractivity contribution in [2.45, 2.75) is 51.7 Å². The molecule has 0 saturated carbocycles. The van der Waals surface area contributed by atoms with Gasteiger partial charge in [-0.15, -0.1) is 18.4 Å². The largest absolute Gasteiger partial charge is 1.00 e. The van der Waals surface area contributed by atoms with Crippen molar-refractivity contribution in [1.82, 2.24) is 19.9 Å². The molecular weight excluding hydrogens is 579 g/mol. The third-order valence-electron chi connectivity index (χ3n) is 5.72. The Labute approximate surface area is 295 Å². The van der Waals surface area contributed by atoms with Crippen molar-refractivity contribution in [2.75, 3.05) is 0 Å². The van der Waals surface area contributed by atoms with E-state index in [-0.39, 0.29) is 56.1 Å². The molecule has 0 bridgehead atoms. The van der Waals surface area contributed by atoms with Crippen molar-refractivity contribution in [1.29, 1.82) is 0 Å². The molecule has 4 aromatic heterocycles. The van der Waals surface area contributed by atoms with Crippen LogP contribution in [0.1, 0.15) is 22.3 Å². The number of pyridine rings is 4. The second kappa shape index (κ2) is 17.4. The van der Waals surface area contributed by atoms with Gasteiger partial charge in [-0.2, -0.15) is 0 Å². The molecule has 0 radical (unpaired) electrons. The second-order valence-corrected chi connectivity index (χ2v) is 22.1. The third-order valence-corrected chi connectivity index (χ3v) is 8.34. The minimum absolute atomic E-state index is 0. The standard InChI is InChI=1S/C20H28N2Si2.C14H8N2.FH.K/c1-23(2,3)13-11-17-7-9-19(21-15-17)20-10-8-18(16-22-20)12-14-24(4,5)6;1-3-11-5-7-13(15-9-11)14-8-6-12(4-2)10-16-14;;/h7-10,15-16H,11,13H2,1-6H3;1-2,5-10H;1H;/q;;;+1/p-1. The maximum atomic E-state index is 5.25. The molecule has 0 aliphatic carbocycles. The SMILES string of the molecule is C#Cc1ccc(-c2ccc(C#C)cn2)nc1.C[Si](C)(C)C#Cc1ccc(-c2ccc(CC[Si](C)(C)C)cn2)nc1.[F-].[K+]. The number of nitrogens with zero attached hydrogens (tertiary/aromatic N) is 4. The molecule has 4 rings (SSSR count). The molecule has 0 aliphatic heterocycles. The fourth-order valence-electron chi connectivity index (χ4n) is 3.38. The summed E-state index contributed by atoms with van der Waals surface area (Å²) in [5.41, 5.74) is 10.6. The van der Waals surface area contributed by atoms with Gasteiger partial charge in [0.05, 0.1) is 22.8 Å². The Morgan fingerprint density at radius 1 is 0.595 bits per heavy atom. The summed E-state index contributed by atoms with van der Waals surface area (Å²) in [5, 5.41) is 0. The summed E-state index contributed by atoms with van der Waals surface area (Å²) >= 11 is 0. The summed E-state index contributed by atoms with van der Waals surface area (Å²) in [6.45, 7) is 14.0. The van der Waals surface area contributed by atoms with E-state index in [2.05, 4.69) is 94.7 Å². The smallest absolute Gasteiger partial charge is 1.00 e. The van der Waals surface area contributed by atoms with Gasteiger partial charge in [0.15, 0.2) is 0 Å². The van der Waals surface area contributed by atoms with E-state index in [0.717, 1.165) is 45.9 Å². The van der Waals surface area contributed by atoms with Crippen molar-refractivity contribution in [3.8, 4) is 58.9 Å². The monoisotopic (exact) mass is 614 g/mol. The molecule has 0 unspecified atom stereocenters. The molecule has 0 amide bonds. The van der Waals surface area contributed by atoms with Crippen LogP contribution >= 0.6 is 0 Å². The summed E-state index contributed by atoms with van der Waals surface area (Å²) in [4.78, 5) is 17.5. The van der Waals surface area contributed by atoms with Gasteiger partial charge >= 0.3 is 51.4 Å². The molecule has 4 heterocycles. The first-order valence-electron chi connectivity index (χ1n) is 13.3. The van der Waals surface area contributed by atoms with E-state index in [1.54, 1.807) is 12.4 Å². The Bertz CT molecular complexity index is 1490. The van der Waals surface area contributed by atoms with E-state index >= 15 is 0 Å². The zero-order chi connectivity index (χ0) is 29.2. The van der Waals surface area contributed by atoms with Crippen LogP contribution in [0.2, 0.25) is 45.3 Å². The predicted octanol–water partition coefficient (Wildman–Crippen LogP) is 1.37. The van der Waals surface area contributed by atoms with Crippen LogP contribution in [0, 0.1) is 36.2 Å². The number of terminal acetylenes is 2. The van der Waals surface area contributed by atoms with Gasteiger partial charge in [-0.1, -0.05) is 69.2 Å². The maximum absolute atomic E-state index is 5.25. The minimum Gasteiger partial charge on any atom is -1.00 e. The van der Waals surface area contributed by atoms with Gasteiger partial charge in [0.1, 0.15) is 8.07 Å². The normalized spacial score (nSPS) is 10.2. The van der Waals surface area contributed by atoms with E-state index in [4.69, 9.17) is 12.8 Å². The fraction of sp³-hybridized carbons (Fsp3) is 0.235. The molecule has 4 aromatic rings. The molecular formula is C34H36FKN4Si2. The van der Waals surface area contributed by atoms with Gasteiger partial charge < -0.3 is 4.70 Å². The number of aryl methyl sites for hydroxylation is 1. The Hall–Kier alpha value is -2.72. The fourth-order valence-corrected chi connectivity index (χ4v) is 4.94. The van der Waals surface area contributed by atoms with Crippen LogP contribution in [0.4, 0.5) is 0 Å². The van der Waals surface area contributed by atoms with Crippen molar-refractivity contribution >= 4 is 16.1 Å². The van der Waals surface area contributed by atoms with Gasteiger partial charge in [0.25, 0.3) is 0 Å². The van der Waals surface area contributed by atoms with Gasteiger partial charge in [0.2, 0.25) is 0 Å². The van der Waals surface area contributed by atoms with Gasteiger partial charge in [-0.05, 0) is 54.4 Å². The minimum atomic E-state index is -1.34. The second-order valence-electron chi connectivity index (χ2n) is 11.7. The molecule has 0 saturated heterocycles. The molecule has 0 fully saturated rings. The quantitative estimate of drug-likeness (QED) is 0.252. The van der Waals surface area contributed by atoms with Crippen LogP contribution < -0.4 is 56.1 Å². The van der Waals surface area contributed by atoms with E-state index < -0.39 is 16.1 Å². The van der Waals surface area contributed by atoms with Crippen LogP contribution in [0.5, 0.6) is 0 Å². The van der Waals surface area contributed by atoms with Crippen molar-refractivity contribution in [2.24, 2.45) is 0 Å². The van der Waals surface area contributed by atoms with Gasteiger partial charge in [-0.3, -0.25) is 19.9 Å². The van der Waals surface area contributed by atoms with E-state index in [1.165, 1.54) is 11.6 Å². The predicted molar refractivity (Wildman–Crippen MR) is 173 cm³/mol. The third kappa shape index (κ3) is 13.1. The van der Waals surface area contributed by atoms with Crippen molar-refractivity contribution in [3.05, 3.63) is 95.6 Å². The molecule has 0 aliphatic rings. The van der Waals surface area contributed by atoms with E-state index in [0.29, 0.717) is 0 Å². The number of rotatable bonds is 5. The van der Waals surface area contributed by atoms with E-state index in [1.807, 2.05) is 48.8 Å². The van der Waals surface area contributed by atoms with Gasteiger partial charge in [-0.25, -0.2) is 0 Å². The average Bonchev–Trinajstić information content (AvgIpc) is 2.95. The zero-order valence-electron chi connectivity index (χ0n) is 25.7. The summed E-state index contributed by atoms with van der Waals surface area (Å²) in [5.74, 6) is 8.26. The van der Waals surface area contributed by atoms with Crippen LogP contribution in [-0.2, 0) is 6.42 Å². The summed E-state index contributed by atoms with van der Waals surface area (Å²) in [6, 6.07) is 17.0. The first-order valence-corrected chi connectivity index (χ1v) is 20.5. The number of hydrogen-bond donors (Lipinski definition) is 0. The Balaban J connectivity index is 0.000000429. The molecule has 208 valence electrons. The Morgan fingerprint density at radius 2 is 1.00 bits per heavy atom. The summed E-state index contributed by atoms with van der Waals surface area (Å²) < 4.78 is 0. The first-order chi connectivity index (χ1) is 19.0. The average molecular weight is 615 g/mol. The Kier molecular flexibility index (Phi) is 15.5. The number of halogens is 1. The molecule has 4 nitrogen and oxygen atoms in total. The first kappa shape index (κ1) is 37.3. The number of hydrogen-bond acceptors (Lipinski definition) is 4. The summed E-state index contributed by atoms with van der Waals surface area (Å²) in [7, 11) is -2.34. The molecule has 0 atom stereocenters. The topological polar surface area (TPSA) is 51.6 Å². The maximum Gasteiger partial charge on any atom is 1.00 e. The number of aromatic nitrogens is 4. The zero-order valence-corrected chi connectivity index (χ0v) is 30.8. The van der Waals surface area contributed by atoms with Crippen LogP contribution in [-0.4, -0.2) is 36.1 Å². The van der Waals surface area contributed by atoms with Gasteiger partial charge in [0, 0.05) is 49.6 Å². The molecule has 0 N–H and O–H groups in total. The molecule has 0 spiro atoms. The van der Waals surface area contributed by atoms with Crippen LogP contribution in [0.3, 0.4) is 0 Å². The molecule has 0 aromatic carbocycles. The Morgan fingerprint density at radius 3 is 1.31 bits per heavy atom.